The van der Waals surface area contributed by atoms with Gasteiger partial charge in [-0.05, 0) is 6.07 Å². The number of halogens is 1. The smallest absolute Gasteiger partial charge is 0.226 e. The van der Waals surface area contributed by atoms with Crippen molar-refractivity contribution in [1.82, 2.24) is 19.5 Å². The van der Waals surface area contributed by atoms with Crippen molar-refractivity contribution >= 4 is 5.95 Å². The van der Waals surface area contributed by atoms with Gasteiger partial charge in [0.15, 0.2) is 0 Å². The first-order chi connectivity index (χ1) is 11.2. The molecule has 6 nitrogen and oxygen atoms in total. The molecule has 0 radical (unpaired) electrons. The maximum Gasteiger partial charge on any atom is 0.226 e. The highest BCUT2D eigenvalue weighted by Gasteiger charge is 2.22. The number of ether oxygens (including phenoxy) is 1. The van der Waals surface area contributed by atoms with Crippen molar-refractivity contribution in [1.29, 1.82) is 0 Å². The Morgan fingerprint density at radius 2 is 2.00 bits per heavy atom. The summed E-state index contributed by atoms with van der Waals surface area (Å²) in [5.41, 5.74) is 0.466. The van der Waals surface area contributed by atoms with Crippen molar-refractivity contribution in [2.24, 2.45) is 7.05 Å². The fourth-order valence-corrected chi connectivity index (χ4v) is 2.30. The number of nitrogens with zero attached hydrogens (tertiary/aromatic N) is 4. The summed E-state index contributed by atoms with van der Waals surface area (Å²) in [4.78, 5) is 12.7. The van der Waals surface area contributed by atoms with Crippen LogP contribution in [0.15, 0.2) is 48.9 Å². The van der Waals surface area contributed by atoms with Gasteiger partial charge in [-0.25, -0.2) is 14.4 Å². The summed E-state index contributed by atoms with van der Waals surface area (Å²) in [6, 6.07) is 7.67. The number of aryl methyl sites for hydroxylation is 1. The standard InChI is InChI=1S/C16H16FN5O/c1-22-10-9-18-15(22)14(11-5-3-4-6-12(11)17)21-16-19-8-7-13(20-16)23-2/h3-10,14H,1-2H3,(H,19,20,21). The molecule has 118 valence electrons. The van der Waals surface area contributed by atoms with Gasteiger partial charge in [-0.2, -0.15) is 4.98 Å². The van der Waals surface area contributed by atoms with Gasteiger partial charge in [0, 0.05) is 37.3 Å². The van der Waals surface area contributed by atoms with E-state index in [0.29, 0.717) is 23.2 Å². The summed E-state index contributed by atoms with van der Waals surface area (Å²) in [5.74, 6) is 1.09. The largest absolute Gasteiger partial charge is 0.481 e. The first-order valence-corrected chi connectivity index (χ1v) is 7.04. The van der Waals surface area contributed by atoms with Crippen LogP contribution in [0, 0.1) is 5.82 Å². The van der Waals surface area contributed by atoms with Crippen molar-refractivity contribution in [3.63, 3.8) is 0 Å². The van der Waals surface area contributed by atoms with E-state index in [2.05, 4.69) is 20.3 Å². The molecule has 3 aromatic rings. The Morgan fingerprint density at radius 3 is 2.70 bits per heavy atom. The summed E-state index contributed by atoms with van der Waals surface area (Å²) in [5, 5.41) is 3.13. The lowest BCUT2D eigenvalue weighted by atomic mass is 10.1. The van der Waals surface area contributed by atoms with E-state index < -0.39 is 6.04 Å². The average Bonchev–Trinajstić information content (AvgIpc) is 2.99. The summed E-state index contributed by atoms with van der Waals surface area (Å²) in [7, 11) is 3.38. The Morgan fingerprint density at radius 1 is 1.17 bits per heavy atom. The van der Waals surface area contributed by atoms with Crippen LogP contribution >= 0.6 is 0 Å². The van der Waals surface area contributed by atoms with E-state index in [4.69, 9.17) is 4.74 Å². The Labute approximate surface area is 133 Å². The molecule has 0 saturated heterocycles. The monoisotopic (exact) mass is 313 g/mol. The number of imidazole rings is 1. The van der Waals surface area contributed by atoms with E-state index in [0.717, 1.165) is 0 Å². The number of hydrogen-bond acceptors (Lipinski definition) is 5. The zero-order chi connectivity index (χ0) is 16.2. The molecule has 0 bridgehead atoms. The second-order valence-corrected chi connectivity index (χ2v) is 4.92. The van der Waals surface area contributed by atoms with Crippen LogP contribution in [0.2, 0.25) is 0 Å². The van der Waals surface area contributed by atoms with Gasteiger partial charge in [0.2, 0.25) is 11.8 Å². The number of rotatable bonds is 5. The highest BCUT2D eigenvalue weighted by Crippen LogP contribution is 2.26. The molecule has 2 heterocycles. The van der Waals surface area contributed by atoms with Crippen molar-refractivity contribution in [3.8, 4) is 5.88 Å². The molecule has 0 saturated carbocycles. The molecule has 1 unspecified atom stereocenters. The first kappa shape index (κ1) is 15.0. The van der Waals surface area contributed by atoms with Gasteiger partial charge in [0.05, 0.1) is 7.11 Å². The van der Waals surface area contributed by atoms with Crippen LogP contribution in [-0.2, 0) is 7.05 Å². The predicted octanol–water partition coefficient (Wildman–Crippen LogP) is 2.56. The molecule has 2 aromatic heterocycles. The first-order valence-electron chi connectivity index (χ1n) is 7.04. The summed E-state index contributed by atoms with van der Waals surface area (Å²) >= 11 is 0. The third-order valence-corrected chi connectivity index (χ3v) is 3.45. The number of nitrogens with one attached hydrogen (secondary N) is 1. The van der Waals surface area contributed by atoms with E-state index >= 15 is 0 Å². The fourth-order valence-electron chi connectivity index (χ4n) is 2.30. The molecule has 0 fully saturated rings. The third-order valence-electron chi connectivity index (χ3n) is 3.45. The maximum atomic E-state index is 14.3. The van der Waals surface area contributed by atoms with Gasteiger partial charge >= 0.3 is 0 Å². The number of methoxy groups -OCH3 is 1. The SMILES string of the molecule is COc1ccnc(NC(c2ccccc2F)c2nccn2C)n1. The Balaban J connectivity index is 2.02. The van der Waals surface area contributed by atoms with Crippen LogP contribution in [0.1, 0.15) is 17.4 Å². The van der Waals surface area contributed by atoms with E-state index in [9.17, 15) is 4.39 Å². The van der Waals surface area contributed by atoms with Crippen molar-refractivity contribution in [2.75, 3.05) is 12.4 Å². The van der Waals surface area contributed by atoms with Crippen LogP contribution in [0.3, 0.4) is 0 Å². The zero-order valence-corrected chi connectivity index (χ0v) is 12.8. The molecular formula is C16H16FN5O. The van der Waals surface area contributed by atoms with Gasteiger partial charge < -0.3 is 14.6 Å². The molecule has 3 rings (SSSR count). The Bertz CT molecular complexity index is 804. The number of benzene rings is 1. The van der Waals surface area contributed by atoms with Gasteiger partial charge in [-0.1, -0.05) is 18.2 Å². The summed E-state index contributed by atoms with van der Waals surface area (Å²) in [6.07, 6.45) is 5.04. The molecule has 0 aliphatic carbocycles. The third kappa shape index (κ3) is 3.13. The molecule has 0 aliphatic rings. The molecule has 0 amide bonds. The minimum absolute atomic E-state index is 0.323. The van der Waals surface area contributed by atoms with Gasteiger partial charge in [-0.3, -0.25) is 0 Å². The van der Waals surface area contributed by atoms with Crippen molar-refractivity contribution in [2.45, 2.75) is 6.04 Å². The molecule has 1 aromatic carbocycles. The lowest BCUT2D eigenvalue weighted by Gasteiger charge is -2.19. The van der Waals surface area contributed by atoms with Crippen LogP contribution in [0.4, 0.5) is 10.3 Å². The van der Waals surface area contributed by atoms with Crippen LogP contribution < -0.4 is 10.1 Å². The van der Waals surface area contributed by atoms with Gasteiger partial charge in [-0.15, -0.1) is 0 Å². The number of hydrogen-bond donors (Lipinski definition) is 1. The molecule has 1 N–H and O–H groups in total. The minimum atomic E-state index is -0.525. The molecular weight excluding hydrogens is 297 g/mol. The summed E-state index contributed by atoms with van der Waals surface area (Å²) < 4.78 is 21.2. The highest BCUT2D eigenvalue weighted by atomic mass is 19.1. The van der Waals surface area contributed by atoms with E-state index in [1.807, 2.05) is 11.6 Å². The lowest BCUT2D eigenvalue weighted by molar-refractivity contribution is 0.397. The van der Waals surface area contributed by atoms with Crippen molar-refractivity contribution in [3.05, 3.63) is 66.1 Å². The van der Waals surface area contributed by atoms with Gasteiger partial charge in [0.25, 0.3) is 0 Å². The molecule has 1 atom stereocenters. The minimum Gasteiger partial charge on any atom is -0.481 e. The Kier molecular flexibility index (Phi) is 4.18. The lowest BCUT2D eigenvalue weighted by Crippen LogP contribution is -2.19. The summed E-state index contributed by atoms with van der Waals surface area (Å²) in [6.45, 7) is 0. The quantitative estimate of drug-likeness (QED) is 0.784. The average molecular weight is 313 g/mol. The maximum absolute atomic E-state index is 14.3. The second-order valence-electron chi connectivity index (χ2n) is 4.92. The predicted molar refractivity (Wildman–Crippen MR) is 83.7 cm³/mol. The molecule has 0 aliphatic heterocycles. The number of aromatic nitrogens is 4. The van der Waals surface area contributed by atoms with Gasteiger partial charge in [0.1, 0.15) is 17.7 Å². The zero-order valence-electron chi connectivity index (χ0n) is 12.8. The second kappa shape index (κ2) is 6.43. The van der Waals surface area contributed by atoms with E-state index in [1.165, 1.54) is 13.2 Å². The fraction of sp³-hybridized carbons (Fsp3) is 0.188. The van der Waals surface area contributed by atoms with Crippen LogP contribution in [0.5, 0.6) is 5.88 Å². The highest BCUT2D eigenvalue weighted by molar-refractivity contribution is 5.38. The topological polar surface area (TPSA) is 64.9 Å². The van der Waals surface area contributed by atoms with Crippen LogP contribution in [-0.4, -0.2) is 26.6 Å². The normalized spacial score (nSPS) is 12.0. The van der Waals surface area contributed by atoms with Crippen LogP contribution in [0.25, 0.3) is 0 Å². The molecule has 23 heavy (non-hydrogen) atoms. The van der Waals surface area contributed by atoms with Crippen molar-refractivity contribution < 1.29 is 9.13 Å². The Hall–Kier alpha value is -2.96. The van der Waals surface area contributed by atoms with E-state index in [-0.39, 0.29) is 5.82 Å². The van der Waals surface area contributed by atoms with E-state index in [1.54, 1.807) is 42.9 Å². The number of anilines is 1. The molecule has 7 heteroatoms. The molecule has 0 spiro atoms.